The first kappa shape index (κ1) is 10.7. The normalized spacial score (nSPS) is 20.2. The van der Waals surface area contributed by atoms with Crippen molar-refractivity contribution in [2.45, 2.75) is 45.2 Å². The van der Waals surface area contributed by atoms with Crippen LogP contribution in [0.4, 0.5) is 0 Å². The second-order valence-electron chi connectivity index (χ2n) is 4.89. The summed E-state index contributed by atoms with van der Waals surface area (Å²) >= 11 is 0. The van der Waals surface area contributed by atoms with Gasteiger partial charge in [0.15, 0.2) is 0 Å². The van der Waals surface area contributed by atoms with Crippen molar-refractivity contribution in [1.29, 1.82) is 0 Å². The fourth-order valence-electron chi connectivity index (χ4n) is 1.86. The Kier molecular flexibility index (Phi) is 3.10. The molecule has 0 saturated heterocycles. The predicted octanol–water partition coefficient (Wildman–Crippen LogP) is 1.74. The molecule has 1 aliphatic carbocycles. The van der Waals surface area contributed by atoms with E-state index in [0.717, 1.165) is 12.5 Å². The van der Waals surface area contributed by atoms with Crippen LogP contribution in [0, 0.1) is 5.92 Å². The molecule has 2 unspecified atom stereocenters. The van der Waals surface area contributed by atoms with Gasteiger partial charge in [-0.15, -0.1) is 0 Å². The third-order valence-electron chi connectivity index (χ3n) is 3.23. The minimum absolute atomic E-state index is 0.597. The van der Waals surface area contributed by atoms with Gasteiger partial charge in [0.05, 0.1) is 5.69 Å². The van der Waals surface area contributed by atoms with Crippen LogP contribution in [0.15, 0.2) is 12.3 Å². The van der Waals surface area contributed by atoms with Crippen LogP contribution < -0.4 is 5.32 Å². The zero-order valence-corrected chi connectivity index (χ0v) is 9.90. The molecule has 1 fully saturated rings. The Morgan fingerprint density at radius 2 is 2.27 bits per heavy atom. The zero-order chi connectivity index (χ0) is 10.8. The quantitative estimate of drug-likeness (QED) is 0.797. The van der Waals surface area contributed by atoms with E-state index in [1.165, 1.54) is 18.5 Å². The van der Waals surface area contributed by atoms with Gasteiger partial charge in [-0.1, -0.05) is 6.92 Å². The van der Waals surface area contributed by atoms with Gasteiger partial charge >= 0.3 is 0 Å². The van der Waals surface area contributed by atoms with Gasteiger partial charge < -0.3 is 5.32 Å². The topological polar surface area (TPSA) is 29.9 Å². The maximum Gasteiger partial charge on any atom is 0.0627 e. The third-order valence-corrected chi connectivity index (χ3v) is 3.23. The summed E-state index contributed by atoms with van der Waals surface area (Å²) in [6, 6.07) is 3.51. The van der Waals surface area contributed by atoms with Gasteiger partial charge in [-0.05, 0) is 38.2 Å². The van der Waals surface area contributed by atoms with Crippen LogP contribution in [0.25, 0.3) is 0 Å². The van der Waals surface area contributed by atoms with Crippen molar-refractivity contribution in [2.24, 2.45) is 13.0 Å². The van der Waals surface area contributed by atoms with E-state index in [9.17, 15) is 0 Å². The molecule has 3 nitrogen and oxygen atoms in total. The summed E-state index contributed by atoms with van der Waals surface area (Å²) in [4.78, 5) is 0. The summed E-state index contributed by atoms with van der Waals surface area (Å²) in [5, 5.41) is 8.06. The molecule has 0 aliphatic heterocycles. The van der Waals surface area contributed by atoms with Crippen molar-refractivity contribution in [3.05, 3.63) is 18.0 Å². The monoisotopic (exact) mass is 207 g/mol. The highest BCUT2D eigenvalue weighted by atomic mass is 15.2. The highest BCUT2D eigenvalue weighted by Crippen LogP contribution is 2.21. The van der Waals surface area contributed by atoms with Gasteiger partial charge in [0, 0.05) is 25.3 Å². The molecule has 1 aromatic rings. The van der Waals surface area contributed by atoms with E-state index in [2.05, 4.69) is 30.3 Å². The average Bonchev–Trinajstić information content (AvgIpc) is 2.90. The lowest BCUT2D eigenvalue weighted by Crippen LogP contribution is -2.34. The SMILES string of the molecule is CC(Cc1ccn(C)n1)C(C)NC1CC1. The number of aromatic nitrogens is 2. The van der Waals surface area contributed by atoms with Crippen LogP contribution in [0.1, 0.15) is 32.4 Å². The average molecular weight is 207 g/mol. The number of nitrogens with zero attached hydrogens (tertiary/aromatic N) is 2. The Morgan fingerprint density at radius 3 is 2.80 bits per heavy atom. The van der Waals surface area contributed by atoms with Crippen LogP contribution in [0.5, 0.6) is 0 Å². The Labute approximate surface area is 91.9 Å². The van der Waals surface area contributed by atoms with E-state index in [1.54, 1.807) is 0 Å². The molecule has 0 spiro atoms. The molecule has 0 bridgehead atoms. The number of hydrogen-bond donors (Lipinski definition) is 1. The molecule has 1 aliphatic rings. The summed E-state index contributed by atoms with van der Waals surface area (Å²) in [7, 11) is 1.97. The van der Waals surface area contributed by atoms with E-state index in [4.69, 9.17) is 0 Å². The first-order chi connectivity index (χ1) is 7.15. The molecule has 1 saturated carbocycles. The zero-order valence-electron chi connectivity index (χ0n) is 9.90. The fourth-order valence-corrected chi connectivity index (χ4v) is 1.86. The van der Waals surface area contributed by atoms with Crippen molar-refractivity contribution >= 4 is 0 Å². The molecule has 84 valence electrons. The number of rotatable bonds is 5. The molecule has 1 aromatic heterocycles. The molecule has 0 amide bonds. The number of nitrogens with one attached hydrogen (secondary N) is 1. The molecule has 0 aromatic carbocycles. The summed E-state index contributed by atoms with van der Waals surface area (Å²) in [6.07, 6.45) is 5.81. The summed E-state index contributed by atoms with van der Waals surface area (Å²) in [5.41, 5.74) is 1.20. The first-order valence-corrected chi connectivity index (χ1v) is 5.89. The third kappa shape index (κ3) is 3.06. The van der Waals surface area contributed by atoms with Crippen molar-refractivity contribution in [1.82, 2.24) is 15.1 Å². The van der Waals surface area contributed by atoms with E-state index < -0.39 is 0 Å². The lowest BCUT2D eigenvalue weighted by Gasteiger charge is -2.20. The Bertz CT molecular complexity index is 314. The Morgan fingerprint density at radius 1 is 1.53 bits per heavy atom. The minimum Gasteiger partial charge on any atom is -0.311 e. The fraction of sp³-hybridized carbons (Fsp3) is 0.750. The van der Waals surface area contributed by atoms with Crippen molar-refractivity contribution < 1.29 is 0 Å². The van der Waals surface area contributed by atoms with Crippen molar-refractivity contribution in [3.8, 4) is 0 Å². The van der Waals surface area contributed by atoms with E-state index in [0.29, 0.717) is 12.0 Å². The summed E-state index contributed by atoms with van der Waals surface area (Å²) in [5.74, 6) is 0.653. The smallest absolute Gasteiger partial charge is 0.0627 e. The van der Waals surface area contributed by atoms with Crippen molar-refractivity contribution in [2.75, 3.05) is 0 Å². The van der Waals surface area contributed by atoms with Gasteiger partial charge in [0.25, 0.3) is 0 Å². The lowest BCUT2D eigenvalue weighted by molar-refractivity contribution is 0.392. The molecule has 1 N–H and O–H groups in total. The van der Waals surface area contributed by atoms with Crippen molar-refractivity contribution in [3.63, 3.8) is 0 Å². The first-order valence-electron chi connectivity index (χ1n) is 5.89. The van der Waals surface area contributed by atoms with Gasteiger partial charge in [-0.25, -0.2) is 0 Å². The Balaban J connectivity index is 1.82. The second-order valence-corrected chi connectivity index (χ2v) is 4.89. The molecular weight excluding hydrogens is 186 g/mol. The van der Waals surface area contributed by atoms with Crippen LogP contribution in [-0.2, 0) is 13.5 Å². The minimum atomic E-state index is 0.597. The summed E-state index contributed by atoms with van der Waals surface area (Å²) in [6.45, 7) is 4.58. The highest BCUT2D eigenvalue weighted by Gasteiger charge is 2.25. The molecule has 3 heteroatoms. The standard InChI is InChI=1S/C12H21N3/c1-9(10(2)13-11-4-5-11)8-12-6-7-15(3)14-12/h6-7,9-11,13H,4-5,8H2,1-3H3. The molecule has 2 atom stereocenters. The van der Waals surface area contributed by atoms with Gasteiger partial charge in [0.2, 0.25) is 0 Å². The number of hydrogen-bond acceptors (Lipinski definition) is 2. The van der Waals surface area contributed by atoms with E-state index >= 15 is 0 Å². The molecule has 15 heavy (non-hydrogen) atoms. The van der Waals surface area contributed by atoms with Crippen LogP contribution in [0.3, 0.4) is 0 Å². The van der Waals surface area contributed by atoms with E-state index in [-0.39, 0.29) is 0 Å². The molecule has 1 heterocycles. The largest absolute Gasteiger partial charge is 0.311 e. The maximum absolute atomic E-state index is 4.42. The van der Waals surface area contributed by atoms with Gasteiger partial charge in [-0.3, -0.25) is 4.68 Å². The maximum atomic E-state index is 4.42. The van der Waals surface area contributed by atoms with Gasteiger partial charge in [-0.2, -0.15) is 5.10 Å². The molecular formula is C12H21N3. The molecule has 0 radical (unpaired) electrons. The second kappa shape index (κ2) is 4.35. The van der Waals surface area contributed by atoms with Crippen LogP contribution in [0.2, 0.25) is 0 Å². The summed E-state index contributed by atoms with van der Waals surface area (Å²) < 4.78 is 1.88. The Hall–Kier alpha value is -0.830. The van der Waals surface area contributed by atoms with Crippen LogP contribution >= 0.6 is 0 Å². The van der Waals surface area contributed by atoms with Gasteiger partial charge in [0.1, 0.15) is 0 Å². The highest BCUT2D eigenvalue weighted by molar-refractivity contribution is 5.00. The van der Waals surface area contributed by atoms with E-state index in [1.807, 2.05) is 17.9 Å². The predicted molar refractivity (Wildman–Crippen MR) is 61.7 cm³/mol. The lowest BCUT2D eigenvalue weighted by atomic mass is 9.98. The number of aryl methyl sites for hydroxylation is 1. The van der Waals surface area contributed by atoms with Crippen LogP contribution in [-0.4, -0.2) is 21.9 Å². The molecule has 2 rings (SSSR count).